The normalized spacial score (nSPS) is 31.0. The maximum absolute atomic E-state index is 2.43. The molecule has 0 aromatic rings. The molecule has 1 aliphatic rings. The van der Waals surface area contributed by atoms with Crippen LogP contribution in [0.4, 0.5) is 0 Å². The summed E-state index contributed by atoms with van der Waals surface area (Å²) < 4.78 is 0. The standard InChI is InChI=1S/C7H16NP/c1-7(2)6-8(3)4-5-9-7/h9H,4-6H2,1-3H3. The van der Waals surface area contributed by atoms with Crippen molar-refractivity contribution >= 4 is 8.58 Å². The molecule has 0 aromatic heterocycles. The largest absolute Gasteiger partial charge is 0.305 e. The molecule has 2 heteroatoms. The lowest BCUT2D eigenvalue weighted by molar-refractivity contribution is 0.313. The highest BCUT2D eigenvalue weighted by Crippen LogP contribution is 2.34. The van der Waals surface area contributed by atoms with E-state index in [4.69, 9.17) is 0 Å². The van der Waals surface area contributed by atoms with Crippen molar-refractivity contribution in [2.75, 3.05) is 26.3 Å². The second kappa shape index (κ2) is 2.56. The van der Waals surface area contributed by atoms with Crippen LogP contribution < -0.4 is 0 Å². The van der Waals surface area contributed by atoms with Gasteiger partial charge >= 0.3 is 0 Å². The Morgan fingerprint density at radius 1 is 1.44 bits per heavy atom. The van der Waals surface area contributed by atoms with E-state index in [9.17, 15) is 0 Å². The number of hydrogen-bond donors (Lipinski definition) is 0. The first-order valence-corrected chi connectivity index (χ1v) is 4.74. The van der Waals surface area contributed by atoms with Crippen molar-refractivity contribution in [2.24, 2.45) is 0 Å². The molecule has 0 radical (unpaired) electrons. The molecule has 9 heavy (non-hydrogen) atoms. The van der Waals surface area contributed by atoms with E-state index >= 15 is 0 Å². The maximum atomic E-state index is 2.43. The van der Waals surface area contributed by atoms with Crippen molar-refractivity contribution in [3.05, 3.63) is 0 Å². The summed E-state index contributed by atoms with van der Waals surface area (Å²) in [4.78, 5) is 2.43. The van der Waals surface area contributed by atoms with Crippen molar-refractivity contribution in [2.45, 2.75) is 19.0 Å². The predicted octanol–water partition coefficient (Wildman–Crippen LogP) is 1.39. The van der Waals surface area contributed by atoms with E-state index in [1.807, 2.05) is 0 Å². The van der Waals surface area contributed by atoms with Crippen molar-refractivity contribution in [1.29, 1.82) is 0 Å². The molecule has 0 saturated carbocycles. The smallest absolute Gasteiger partial charge is 0.00668 e. The van der Waals surface area contributed by atoms with E-state index < -0.39 is 0 Å². The van der Waals surface area contributed by atoms with Crippen molar-refractivity contribution in [3.63, 3.8) is 0 Å². The SMILES string of the molecule is CN1CCPC(C)(C)C1. The van der Waals surface area contributed by atoms with Gasteiger partial charge in [0.15, 0.2) is 0 Å². The summed E-state index contributed by atoms with van der Waals surface area (Å²) >= 11 is 0. The van der Waals surface area contributed by atoms with Crippen molar-refractivity contribution in [3.8, 4) is 0 Å². The van der Waals surface area contributed by atoms with Gasteiger partial charge in [-0.15, -0.1) is 8.58 Å². The Hall–Kier alpha value is 0.390. The summed E-state index contributed by atoms with van der Waals surface area (Å²) in [6.07, 6.45) is 1.41. The van der Waals surface area contributed by atoms with Gasteiger partial charge in [-0.3, -0.25) is 0 Å². The molecule has 0 aliphatic carbocycles. The second-order valence-electron chi connectivity index (χ2n) is 3.55. The molecule has 0 amide bonds. The molecule has 0 N–H and O–H groups in total. The van der Waals surface area contributed by atoms with Crippen LogP contribution in [-0.2, 0) is 0 Å². The van der Waals surface area contributed by atoms with E-state index in [0.717, 1.165) is 0 Å². The zero-order chi connectivity index (χ0) is 6.91. The minimum atomic E-state index is 0.604. The Morgan fingerprint density at radius 2 is 2.11 bits per heavy atom. The van der Waals surface area contributed by atoms with E-state index in [0.29, 0.717) is 5.16 Å². The number of hydrogen-bond acceptors (Lipinski definition) is 1. The zero-order valence-corrected chi connectivity index (χ0v) is 7.57. The van der Waals surface area contributed by atoms with Crippen LogP contribution in [0.15, 0.2) is 0 Å². The molecule has 0 spiro atoms. The van der Waals surface area contributed by atoms with Crippen LogP contribution in [0.3, 0.4) is 0 Å². The van der Waals surface area contributed by atoms with E-state index in [-0.39, 0.29) is 0 Å². The Kier molecular flexibility index (Phi) is 2.13. The summed E-state index contributed by atoms with van der Waals surface area (Å²) in [5, 5.41) is 0.604. The minimum absolute atomic E-state index is 0.604. The molecule has 1 unspecified atom stereocenters. The average molecular weight is 145 g/mol. The van der Waals surface area contributed by atoms with Gasteiger partial charge in [-0.25, -0.2) is 0 Å². The molecule has 1 saturated heterocycles. The Bertz CT molecular complexity index is 101. The fourth-order valence-corrected chi connectivity index (χ4v) is 2.95. The van der Waals surface area contributed by atoms with Crippen LogP contribution >= 0.6 is 8.58 Å². The molecule has 1 aliphatic heterocycles. The van der Waals surface area contributed by atoms with Gasteiger partial charge in [0.2, 0.25) is 0 Å². The highest BCUT2D eigenvalue weighted by molar-refractivity contribution is 7.40. The van der Waals surface area contributed by atoms with Gasteiger partial charge < -0.3 is 4.90 Å². The first-order chi connectivity index (χ1) is 4.10. The summed E-state index contributed by atoms with van der Waals surface area (Å²) in [6.45, 7) is 7.32. The van der Waals surface area contributed by atoms with Crippen LogP contribution in [0.25, 0.3) is 0 Å². The summed E-state index contributed by atoms with van der Waals surface area (Å²) in [5.74, 6) is 0. The third-order valence-corrected chi connectivity index (χ3v) is 3.35. The molecule has 1 rings (SSSR count). The third-order valence-electron chi connectivity index (χ3n) is 1.76. The Balaban J connectivity index is 2.41. The minimum Gasteiger partial charge on any atom is -0.305 e. The van der Waals surface area contributed by atoms with Gasteiger partial charge in [-0.05, 0) is 18.4 Å². The molecular weight excluding hydrogens is 129 g/mol. The lowest BCUT2D eigenvalue weighted by Gasteiger charge is -2.35. The number of nitrogens with zero attached hydrogens (tertiary/aromatic N) is 1. The maximum Gasteiger partial charge on any atom is 0.00668 e. The zero-order valence-electron chi connectivity index (χ0n) is 6.57. The molecule has 0 aromatic carbocycles. The fourth-order valence-electron chi connectivity index (χ4n) is 1.39. The highest BCUT2D eigenvalue weighted by atomic mass is 31.1. The van der Waals surface area contributed by atoms with Crippen molar-refractivity contribution in [1.82, 2.24) is 4.90 Å². The molecule has 1 atom stereocenters. The fraction of sp³-hybridized carbons (Fsp3) is 1.00. The lowest BCUT2D eigenvalue weighted by atomic mass is 10.2. The first-order valence-electron chi connectivity index (χ1n) is 3.54. The molecule has 1 nitrogen and oxygen atoms in total. The van der Waals surface area contributed by atoms with E-state index in [1.54, 1.807) is 0 Å². The van der Waals surface area contributed by atoms with Crippen LogP contribution in [0.2, 0.25) is 0 Å². The van der Waals surface area contributed by atoms with Crippen LogP contribution in [0.5, 0.6) is 0 Å². The quantitative estimate of drug-likeness (QED) is 0.465. The van der Waals surface area contributed by atoms with Crippen LogP contribution in [0, 0.1) is 0 Å². The second-order valence-corrected chi connectivity index (χ2v) is 5.76. The van der Waals surface area contributed by atoms with Crippen LogP contribution in [0.1, 0.15) is 13.8 Å². The van der Waals surface area contributed by atoms with Gasteiger partial charge in [-0.1, -0.05) is 13.8 Å². The third kappa shape index (κ3) is 2.23. The van der Waals surface area contributed by atoms with Crippen LogP contribution in [-0.4, -0.2) is 36.4 Å². The molecule has 0 bridgehead atoms. The predicted molar refractivity (Wildman–Crippen MR) is 44.8 cm³/mol. The molecule has 1 heterocycles. The van der Waals surface area contributed by atoms with Gasteiger partial charge in [-0.2, -0.15) is 0 Å². The lowest BCUT2D eigenvalue weighted by Crippen LogP contribution is -2.39. The topological polar surface area (TPSA) is 3.24 Å². The van der Waals surface area contributed by atoms with Gasteiger partial charge in [0.05, 0.1) is 0 Å². The number of rotatable bonds is 0. The monoisotopic (exact) mass is 145 g/mol. The Labute approximate surface area is 59.6 Å². The van der Waals surface area contributed by atoms with E-state index in [2.05, 4.69) is 25.8 Å². The molecule has 1 fully saturated rings. The van der Waals surface area contributed by atoms with Crippen molar-refractivity contribution < 1.29 is 0 Å². The first kappa shape index (κ1) is 7.50. The summed E-state index contributed by atoms with van der Waals surface area (Å²) in [6, 6.07) is 0. The van der Waals surface area contributed by atoms with Gasteiger partial charge in [0.1, 0.15) is 0 Å². The average Bonchev–Trinajstić information content (AvgIpc) is 1.60. The highest BCUT2D eigenvalue weighted by Gasteiger charge is 2.23. The van der Waals surface area contributed by atoms with Gasteiger partial charge in [0, 0.05) is 13.1 Å². The molecule has 54 valence electrons. The molecular formula is C7H16NP. The Morgan fingerprint density at radius 3 is 2.44 bits per heavy atom. The van der Waals surface area contributed by atoms with Gasteiger partial charge in [0.25, 0.3) is 0 Å². The summed E-state index contributed by atoms with van der Waals surface area (Å²) in [5.41, 5.74) is 0. The summed E-state index contributed by atoms with van der Waals surface area (Å²) in [7, 11) is 3.39. The van der Waals surface area contributed by atoms with E-state index in [1.165, 1.54) is 27.8 Å².